The molecule has 1 spiro atoms. The van der Waals surface area contributed by atoms with Gasteiger partial charge in [0.1, 0.15) is 17.2 Å². The first-order chi connectivity index (χ1) is 14.3. The summed E-state index contributed by atoms with van der Waals surface area (Å²) >= 11 is 0. The molecule has 2 N–H and O–H groups in total. The Morgan fingerprint density at radius 1 is 1.13 bits per heavy atom. The number of hydrogen-bond donors (Lipinski definition) is 2. The first kappa shape index (κ1) is 20.7. The zero-order valence-corrected chi connectivity index (χ0v) is 17.8. The highest BCUT2D eigenvalue weighted by molar-refractivity contribution is 5.75. The Morgan fingerprint density at radius 3 is 2.53 bits per heavy atom. The molecule has 1 saturated heterocycles. The van der Waals surface area contributed by atoms with E-state index in [4.69, 9.17) is 9.47 Å². The van der Waals surface area contributed by atoms with Gasteiger partial charge in [0.05, 0.1) is 19.3 Å². The van der Waals surface area contributed by atoms with E-state index >= 15 is 0 Å². The van der Waals surface area contributed by atoms with E-state index in [1.165, 1.54) is 0 Å². The molecule has 2 aliphatic heterocycles. The van der Waals surface area contributed by atoms with Crippen molar-refractivity contribution in [3.8, 4) is 16.9 Å². The summed E-state index contributed by atoms with van der Waals surface area (Å²) in [5.74, 6) is 0.544. The molecular weight excluding hydrogens is 383 g/mol. The summed E-state index contributed by atoms with van der Waals surface area (Å²) in [6.07, 6.45) is 2.27. The van der Waals surface area contributed by atoms with Crippen LogP contribution in [-0.2, 0) is 4.74 Å². The predicted octanol–water partition coefficient (Wildman–Crippen LogP) is 4.88. The summed E-state index contributed by atoms with van der Waals surface area (Å²) in [5.41, 5.74) is 2.90. The van der Waals surface area contributed by atoms with Crippen molar-refractivity contribution in [2.45, 2.75) is 57.7 Å². The largest absolute Gasteiger partial charge is 0.487 e. The summed E-state index contributed by atoms with van der Waals surface area (Å²) in [7, 11) is 0. The molecule has 0 saturated carbocycles. The number of benzene rings is 2. The molecule has 0 aromatic heterocycles. The van der Waals surface area contributed by atoms with Crippen LogP contribution >= 0.6 is 0 Å². The predicted molar refractivity (Wildman–Crippen MR) is 114 cm³/mol. The molecule has 0 aliphatic carbocycles. The third-order valence-electron chi connectivity index (χ3n) is 5.92. The van der Waals surface area contributed by atoms with E-state index in [1.54, 1.807) is 19.1 Å². The molecule has 2 aromatic rings. The number of ether oxygens (including phenoxy) is 2. The number of amides is 2. The molecule has 30 heavy (non-hydrogen) atoms. The minimum atomic E-state index is -0.335. The van der Waals surface area contributed by atoms with Crippen LogP contribution in [0.1, 0.15) is 50.3 Å². The maximum absolute atomic E-state index is 14.1. The van der Waals surface area contributed by atoms with E-state index in [0.29, 0.717) is 25.2 Å². The van der Waals surface area contributed by atoms with Gasteiger partial charge in [0.15, 0.2) is 0 Å². The van der Waals surface area contributed by atoms with Crippen molar-refractivity contribution in [2.24, 2.45) is 0 Å². The minimum Gasteiger partial charge on any atom is -0.487 e. The molecular formula is C24H29FN2O3. The molecule has 2 amide bonds. The fourth-order valence-electron chi connectivity index (χ4n) is 4.26. The second-order valence-corrected chi connectivity index (χ2v) is 8.64. The molecule has 5 nitrogen and oxygen atoms in total. The molecule has 1 atom stereocenters. The van der Waals surface area contributed by atoms with E-state index < -0.39 is 0 Å². The highest BCUT2D eigenvalue weighted by Gasteiger charge is 2.43. The van der Waals surface area contributed by atoms with Crippen LogP contribution in [0.3, 0.4) is 0 Å². The van der Waals surface area contributed by atoms with Gasteiger partial charge >= 0.3 is 6.03 Å². The lowest BCUT2D eigenvalue weighted by atomic mass is 9.81. The number of fused-ring (bicyclic) bond motifs is 1. The highest BCUT2D eigenvalue weighted by Crippen LogP contribution is 2.45. The Balaban J connectivity index is 1.69. The number of rotatable bonds is 3. The van der Waals surface area contributed by atoms with Crippen LogP contribution in [0.2, 0.25) is 0 Å². The molecule has 6 heteroatoms. The molecule has 4 rings (SSSR count). The van der Waals surface area contributed by atoms with Gasteiger partial charge in [-0.15, -0.1) is 0 Å². The van der Waals surface area contributed by atoms with E-state index in [0.717, 1.165) is 35.3 Å². The maximum Gasteiger partial charge on any atom is 0.315 e. The lowest BCUT2D eigenvalue weighted by molar-refractivity contribution is -0.0637. The number of nitrogens with one attached hydrogen (secondary N) is 2. The van der Waals surface area contributed by atoms with Crippen LogP contribution < -0.4 is 15.4 Å². The second kappa shape index (κ2) is 8.26. The normalized spacial score (nSPS) is 19.8. The van der Waals surface area contributed by atoms with Gasteiger partial charge in [0, 0.05) is 30.9 Å². The average Bonchev–Trinajstić information content (AvgIpc) is 2.70. The van der Waals surface area contributed by atoms with Crippen molar-refractivity contribution < 1.29 is 18.7 Å². The summed E-state index contributed by atoms with van der Waals surface area (Å²) in [4.78, 5) is 12.5. The van der Waals surface area contributed by atoms with Crippen LogP contribution in [0.4, 0.5) is 9.18 Å². The minimum absolute atomic E-state index is 0.0446. The Morgan fingerprint density at radius 2 is 1.83 bits per heavy atom. The zero-order chi connectivity index (χ0) is 21.3. The monoisotopic (exact) mass is 412 g/mol. The van der Waals surface area contributed by atoms with Crippen LogP contribution in [0.15, 0.2) is 36.4 Å². The zero-order valence-electron chi connectivity index (χ0n) is 17.8. The fourth-order valence-corrected chi connectivity index (χ4v) is 4.26. The summed E-state index contributed by atoms with van der Waals surface area (Å²) in [5, 5.41) is 6.04. The average molecular weight is 413 g/mol. The summed E-state index contributed by atoms with van der Waals surface area (Å²) in [6, 6.07) is 10.8. The molecule has 2 heterocycles. The number of halogens is 1. The third kappa shape index (κ3) is 4.29. The molecule has 0 radical (unpaired) electrons. The first-order valence-electron chi connectivity index (χ1n) is 10.6. The summed E-state index contributed by atoms with van der Waals surface area (Å²) < 4.78 is 26.1. The smallest absolute Gasteiger partial charge is 0.315 e. The van der Waals surface area contributed by atoms with Gasteiger partial charge < -0.3 is 20.1 Å². The van der Waals surface area contributed by atoms with Crippen molar-refractivity contribution in [3.05, 3.63) is 53.3 Å². The Labute approximate surface area is 177 Å². The Hall–Kier alpha value is -2.60. The summed E-state index contributed by atoms with van der Waals surface area (Å²) in [6.45, 7) is 6.92. The molecule has 0 bridgehead atoms. The first-order valence-corrected chi connectivity index (χ1v) is 10.6. The van der Waals surface area contributed by atoms with Crippen LogP contribution in [0.25, 0.3) is 11.1 Å². The van der Waals surface area contributed by atoms with Crippen molar-refractivity contribution in [2.75, 3.05) is 13.2 Å². The molecule has 1 unspecified atom stereocenters. The number of hydrogen-bond acceptors (Lipinski definition) is 3. The van der Waals surface area contributed by atoms with Gasteiger partial charge in [-0.2, -0.15) is 0 Å². The molecule has 1 fully saturated rings. The molecule has 160 valence electrons. The Kier molecular flexibility index (Phi) is 5.69. The third-order valence-corrected chi connectivity index (χ3v) is 5.92. The van der Waals surface area contributed by atoms with Gasteiger partial charge in [0.25, 0.3) is 0 Å². The van der Waals surface area contributed by atoms with Crippen LogP contribution in [0.5, 0.6) is 5.75 Å². The van der Waals surface area contributed by atoms with Crippen molar-refractivity contribution in [1.29, 1.82) is 0 Å². The van der Waals surface area contributed by atoms with E-state index in [1.807, 2.05) is 38.1 Å². The van der Waals surface area contributed by atoms with Crippen LogP contribution in [0, 0.1) is 12.7 Å². The quantitative estimate of drug-likeness (QED) is 0.755. The highest BCUT2D eigenvalue weighted by atomic mass is 19.1. The fraction of sp³-hybridized carbons (Fsp3) is 0.458. The van der Waals surface area contributed by atoms with E-state index in [-0.39, 0.29) is 29.5 Å². The number of carbonyl (C=O) groups excluding carboxylic acids is 1. The van der Waals surface area contributed by atoms with Crippen LogP contribution in [-0.4, -0.2) is 30.9 Å². The van der Waals surface area contributed by atoms with Gasteiger partial charge in [0.2, 0.25) is 0 Å². The number of carbonyl (C=O) groups is 1. The molecule has 2 aliphatic rings. The number of aryl methyl sites for hydroxylation is 1. The topological polar surface area (TPSA) is 59.6 Å². The van der Waals surface area contributed by atoms with Gasteiger partial charge in [-0.25, -0.2) is 9.18 Å². The lowest BCUT2D eigenvalue weighted by Crippen LogP contribution is -2.50. The second-order valence-electron chi connectivity index (χ2n) is 8.64. The van der Waals surface area contributed by atoms with E-state index in [9.17, 15) is 9.18 Å². The maximum atomic E-state index is 14.1. The van der Waals surface area contributed by atoms with Gasteiger partial charge in [-0.05, 0) is 55.7 Å². The van der Waals surface area contributed by atoms with Crippen molar-refractivity contribution >= 4 is 6.03 Å². The molecule has 2 aromatic carbocycles. The van der Waals surface area contributed by atoms with Gasteiger partial charge in [-0.1, -0.05) is 18.2 Å². The lowest BCUT2D eigenvalue weighted by Gasteiger charge is -2.44. The van der Waals surface area contributed by atoms with E-state index in [2.05, 4.69) is 10.6 Å². The SMILES string of the molecule is Cc1ccc(-c2ccc3c(c2)C(NC(=O)NC(C)C)CC2(CCOCC2)O3)cc1F. The van der Waals surface area contributed by atoms with Gasteiger partial charge in [-0.3, -0.25) is 0 Å². The standard InChI is InChI=1S/C24H29FN2O3/c1-15(2)26-23(28)27-21-14-24(8-10-29-11-9-24)30-22-7-6-17(12-19(21)22)18-5-4-16(3)20(25)13-18/h4-7,12-13,15,21H,8-11,14H2,1-3H3,(H2,26,27,28). The van der Waals surface area contributed by atoms with Crippen molar-refractivity contribution in [1.82, 2.24) is 10.6 Å². The van der Waals surface area contributed by atoms with Crippen molar-refractivity contribution in [3.63, 3.8) is 0 Å². The Bertz CT molecular complexity index is 938. The number of urea groups is 1.